The first-order valence-electron chi connectivity index (χ1n) is 7.99. The van der Waals surface area contributed by atoms with Gasteiger partial charge < -0.3 is 19.4 Å². The summed E-state index contributed by atoms with van der Waals surface area (Å²) in [6.07, 6.45) is 2.98. The Morgan fingerprint density at radius 1 is 1.15 bits per heavy atom. The molecule has 1 atom stereocenters. The average molecular weight is 369 g/mol. The van der Waals surface area contributed by atoms with Gasteiger partial charge in [-0.3, -0.25) is 4.79 Å². The van der Waals surface area contributed by atoms with Crippen LogP contribution in [0.4, 0.5) is 4.79 Å². The fourth-order valence-electron chi connectivity index (χ4n) is 1.77. The highest BCUT2D eigenvalue weighted by Gasteiger charge is 2.20. The van der Waals surface area contributed by atoms with Gasteiger partial charge in [-0.2, -0.15) is 9.59 Å². The summed E-state index contributed by atoms with van der Waals surface area (Å²) in [5.74, 6) is -0.339. The van der Waals surface area contributed by atoms with Crippen molar-refractivity contribution < 1.29 is 28.7 Å². The molecule has 1 aromatic rings. The number of esters is 1. The number of nitrogens with one attached hydrogen (secondary N) is 1. The molecule has 0 fully saturated rings. The molecular formula is C17H27N3O6. The number of hydrogen-bond acceptors (Lipinski definition) is 7. The van der Waals surface area contributed by atoms with E-state index in [0.717, 1.165) is 0 Å². The molecule has 0 radical (unpaired) electrons. The van der Waals surface area contributed by atoms with Crippen LogP contribution in [0.5, 0.6) is 0 Å². The molecule has 0 aliphatic rings. The minimum absolute atomic E-state index is 0.0728. The number of alkyl carbamates (subject to hydrolysis) is 1. The van der Waals surface area contributed by atoms with Gasteiger partial charge in [-0.05, 0) is 48.5 Å². The highest BCUT2D eigenvalue weighted by atomic mass is 16.6. The Morgan fingerprint density at radius 3 is 2.12 bits per heavy atom. The standard InChI is InChI=1S/C16H27N3O4.CO2/c1-11(18-14(21)23-16(5,6)7)12-8-19(10-17-12)9-13(20)22-15(2,3)4;2-1-3/h8,10-11H,9H2,1-7H3,(H,18,21);. The maximum atomic E-state index is 11.8. The zero-order valence-electron chi connectivity index (χ0n) is 16.3. The van der Waals surface area contributed by atoms with Crippen LogP contribution in [0.25, 0.3) is 0 Å². The van der Waals surface area contributed by atoms with Gasteiger partial charge in [-0.15, -0.1) is 0 Å². The van der Waals surface area contributed by atoms with Gasteiger partial charge in [0.05, 0.1) is 18.1 Å². The molecule has 1 rings (SSSR count). The molecule has 9 heteroatoms. The molecule has 0 aromatic carbocycles. The fraction of sp³-hybridized carbons (Fsp3) is 0.647. The van der Waals surface area contributed by atoms with E-state index in [1.54, 1.807) is 38.5 Å². The maximum Gasteiger partial charge on any atom is 0.408 e. The Morgan fingerprint density at radius 2 is 1.65 bits per heavy atom. The normalized spacial score (nSPS) is 12.1. The molecule has 1 N–H and O–H groups in total. The van der Waals surface area contributed by atoms with Gasteiger partial charge >= 0.3 is 18.2 Å². The number of carbonyl (C=O) groups is 2. The first kappa shape index (κ1) is 23.3. The highest BCUT2D eigenvalue weighted by Crippen LogP contribution is 2.13. The lowest BCUT2D eigenvalue weighted by Gasteiger charge is -2.21. The van der Waals surface area contributed by atoms with Gasteiger partial charge in [-0.25, -0.2) is 9.78 Å². The molecule has 0 bridgehead atoms. The van der Waals surface area contributed by atoms with Crippen LogP contribution < -0.4 is 5.32 Å². The first-order chi connectivity index (χ1) is 11.8. The number of imidazole rings is 1. The Kier molecular flexibility index (Phi) is 8.72. The lowest BCUT2D eigenvalue weighted by atomic mass is 10.2. The monoisotopic (exact) mass is 369 g/mol. The summed E-state index contributed by atoms with van der Waals surface area (Å²) in [6, 6.07) is -0.329. The lowest BCUT2D eigenvalue weighted by Crippen LogP contribution is -2.34. The molecule has 9 nitrogen and oxygen atoms in total. The van der Waals surface area contributed by atoms with E-state index in [0.29, 0.717) is 5.69 Å². The van der Waals surface area contributed by atoms with Crippen LogP contribution in [0.1, 0.15) is 60.2 Å². The van der Waals surface area contributed by atoms with Crippen LogP contribution in [-0.2, 0) is 30.4 Å². The molecule has 1 unspecified atom stereocenters. The second-order valence-corrected chi connectivity index (χ2v) is 7.51. The SMILES string of the molecule is CC(NC(=O)OC(C)(C)C)c1cn(CC(=O)OC(C)(C)C)cn1.O=C=O. The zero-order chi connectivity index (χ0) is 20.5. The predicted octanol–water partition coefficient (Wildman–Crippen LogP) is 2.23. The third-order valence-corrected chi connectivity index (χ3v) is 2.56. The van der Waals surface area contributed by atoms with E-state index < -0.39 is 17.3 Å². The van der Waals surface area contributed by atoms with Gasteiger partial charge in [0.25, 0.3) is 0 Å². The Labute approximate surface area is 153 Å². The molecule has 0 aliphatic carbocycles. The van der Waals surface area contributed by atoms with Crippen molar-refractivity contribution in [3.63, 3.8) is 0 Å². The minimum atomic E-state index is -0.556. The van der Waals surface area contributed by atoms with E-state index in [1.807, 2.05) is 20.8 Å². The van der Waals surface area contributed by atoms with Crippen LogP contribution in [0.2, 0.25) is 0 Å². The van der Waals surface area contributed by atoms with Crippen LogP contribution in [0.3, 0.4) is 0 Å². The molecule has 1 amide bonds. The molecule has 0 saturated heterocycles. The van der Waals surface area contributed by atoms with E-state index in [4.69, 9.17) is 19.1 Å². The average Bonchev–Trinajstić information content (AvgIpc) is 2.83. The third kappa shape index (κ3) is 11.0. The number of nitrogens with zero attached hydrogens (tertiary/aromatic N) is 2. The molecule has 1 aromatic heterocycles. The van der Waals surface area contributed by atoms with Crippen molar-refractivity contribution in [3.8, 4) is 0 Å². The fourth-order valence-corrected chi connectivity index (χ4v) is 1.77. The van der Waals surface area contributed by atoms with Crippen molar-refractivity contribution in [1.82, 2.24) is 14.9 Å². The zero-order valence-corrected chi connectivity index (χ0v) is 16.3. The quantitative estimate of drug-likeness (QED) is 0.809. The summed E-state index contributed by atoms with van der Waals surface area (Å²) < 4.78 is 12.1. The molecular weight excluding hydrogens is 342 g/mol. The van der Waals surface area contributed by atoms with E-state index in [9.17, 15) is 9.59 Å². The summed E-state index contributed by atoms with van der Waals surface area (Å²) in [7, 11) is 0. The molecule has 146 valence electrons. The summed E-state index contributed by atoms with van der Waals surface area (Å²) in [5, 5.41) is 2.70. The van der Waals surface area contributed by atoms with Crippen LogP contribution in [0.15, 0.2) is 12.5 Å². The summed E-state index contributed by atoms with van der Waals surface area (Å²) in [6.45, 7) is 12.7. The second-order valence-electron chi connectivity index (χ2n) is 7.51. The first-order valence-corrected chi connectivity index (χ1v) is 7.99. The van der Waals surface area contributed by atoms with Gasteiger partial charge in [0.15, 0.2) is 0 Å². The van der Waals surface area contributed by atoms with Crippen LogP contribution >= 0.6 is 0 Å². The number of hydrogen-bond donors (Lipinski definition) is 1. The van der Waals surface area contributed by atoms with Crippen LogP contribution in [0, 0.1) is 0 Å². The Balaban J connectivity index is 0.00000194. The topological polar surface area (TPSA) is 117 Å². The molecule has 1 heterocycles. The predicted molar refractivity (Wildman–Crippen MR) is 90.9 cm³/mol. The van der Waals surface area contributed by atoms with Crippen molar-refractivity contribution in [1.29, 1.82) is 0 Å². The van der Waals surface area contributed by atoms with Gasteiger partial charge in [-0.1, -0.05) is 0 Å². The van der Waals surface area contributed by atoms with Crippen molar-refractivity contribution >= 4 is 18.2 Å². The molecule has 0 aliphatic heterocycles. The van der Waals surface area contributed by atoms with Gasteiger partial charge in [0.1, 0.15) is 17.7 Å². The minimum Gasteiger partial charge on any atom is -0.459 e. The lowest BCUT2D eigenvalue weighted by molar-refractivity contribution is -0.191. The van der Waals surface area contributed by atoms with Crippen LogP contribution in [-0.4, -0.2) is 39.0 Å². The summed E-state index contributed by atoms with van der Waals surface area (Å²) in [5.41, 5.74) is -0.439. The third-order valence-electron chi connectivity index (χ3n) is 2.56. The molecule has 0 spiro atoms. The van der Waals surface area contributed by atoms with E-state index in [1.165, 1.54) is 6.33 Å². The maximum absolute atomic E-state index is 11.8. The van der Waals surface area contributed by atoms with Crippen molar-refractivity contribution in [2.24, 2.45) is 0 Å². The van der Waals surface area contributed by atoms with E-state index in [2.05, 4.69) is 10.3 Å². The summed E-state index contributed by atoms with van der Waals surface area (Å²) >= 11 is 0. The molecule has 26 heavy (non-hydrogen) atoms. The number of rotatable bonds is 4. The summed E-state index contributed by atoms with van der Waals surface area (Å²) in [4.78, 5) is 44.0. The highest BCUT2D eigenvalue weighted by molar-refractivity contribution is 5.69. The Bertz CT molecular complexity index is 634. The molecule has 0 saturated carbocycles. The Hall–Kier alpha value is -2.67. The van der Waals surface area contributed by atoms with Crippen molar-refractivity contribution in [2.45, 2.75) is 72.3 Å². The number of amides is 1. The van der Waals surface area contributed by atoms with Gasteiger partial charge in [0.2, 0.25) is 0 Å². The van der Waals surface area contributed by atoms with E-state index >= 15 is 0 Å². The van der Waals surface area contributed by atoms with Crippen molar-refractivity contribution in [3.05, 3.63) is 18.2 Å². The number of ether oxygens (including phenoxy) is 2. The van der Waals surface area contributed by atoms with E-state index in [-0.39, 0.29) is 24.7 Å². The number of aromatic nitrogens is 2. The largest absolute Gasteiger partial charge is 0.459 e. The second kappa shape index (κ2) is 9.72. The van der Waals surface area contributed by atoms with Gasteiger partial charge in [0, 0.05) is 6.20 Å². The van der Waals surface area contributed by atoms with Crippen molar-refractivity contribution in [2.75, 3.05) is 0 Å². The smallest absolute Gasteiger partial charge is 0.408 e. The number of carbonyl (C=O) groups excluding carboxylic acids is 4.